The van der Waals surface area contributed by atoms with Crippen molar-refractivity contribution in [2.24, 2.45) is 5.73 Å². The van der Waals surface area contributed by atoms with E-state index in [2.05, 4.69) is 24.1 Å². The summed E-state index contributed by atoms with van der Waals surface area (Å²) in [4.78, 5) is 20.8. The van der Waals surface area contributed by atoms with Crippen molar-refractivity contribution in [3.8, 4) is 5.75 Å². The summed E-state index contributed by atoms with van der Waals surface area (Å²) in [6, 6.07) is 10.0. The molecule has 0 bridgehead atoms. The third kappa shape index (κ3) is 3.68. The molecule has 1 aromatic carbocycles. The zero-order valence-electron chi connectivity index (χ0n) is 16.7. The molecule has 3 aromatic rings. The maximum atomic E-state index is 11.5. The first-order chi connectivity index (χ1) is 13.9. The van der Waals surface area contributed by atoms with Gasteiger partial charge in [0, 0.05) is 23.7 Å². The fraction of sp³-hybridized carbons (Fsp3) is 0.261. The number of thiazole rings is 1. The molecule has 0 spiro atoms. The molecule has 1 aliphatic rings. The predicted octanol–water partition coefficient (Wildman–Crippen LogP) is 4.56. The van der Waals surface area contributed by atoms with Crippen molar-refractivity contribution in [3.05, 3.63) is 70.5 Å². The van der Waals surface area contributed by atoms with Crippen molar-refractivity contribution in [1.82, 2.24) is 9.97 Å². The smallest absolute Gasteiger partial charge is 0.221 e. The van der Waals surface area contributed by atoms with E-state index in [4.69, 9.17) is 15.5 Å². The number of carbonyl (C=O) groups excluding carboxylic acids is 1. The lowest BCUT2D eigenvalue weighted by molar-refractivity contribution is -0.117. The van der Waals surface area contributed by atoms with Gasteiger partial charge < -0.3 is 10.5 Å². The molecular formula is C23H23N3O2S. The Morgan fingerprint density at radius 3 is 2.83 bits per heavy atom. The molecule has 29 heavy (non-hydrogen) atoms. The number of primary amides is 1. The molecule has 4 rings (SSSR count). The minimum absolute atomic E-state index is 0.257. The Hall–Kier alpha value is -2.99. The van der Waals surface area contributed by atoms with Gasteiger partial charge in [-0.15, -0.1) is 11.3 Å². The minimum atomic E-state index is -0.371. The molecule has 0 saturated carbocycles. The molecule has 0 saturated heterocycles. The van der Waals surface area contributed by atoms with E-state index in [1.807, 2.05) is 43.5 Å². The van der Waals surface area contributed by atoms with Crippen molar-refractivity contribution in [3.63, 3.8) is 0 Å². The van der Waals surface area contributed by atoms with Crippen LogP contribution in [0.15, 0.2) is 54.3 Å². The highest BCUT2D eigenvalue weighted by atomic mass is 32.1. The van der Waals surface area contributed by atoms with Crippen LogP contribution in [0.25, 0.3) is 15.8 Å². The normalized spacial score (nSPS) is 19.0. The van der Waals surface area contributed by atoms with Gasteiger partial charge in [0.15, 0.2) is 0 Å². The van der Waals surface area contributed by atoms with Crippen LogP contribution in [0, 0.1) is 6.92 Å². The maximum Gasteiger partial charge on any atom is 0.221 e. The topological polar surface area (TPSA) is 78.1 Å². The summed E-state index contributed by atoms with van der Waals surface area (Å²) in [6.45, 7) is 4.18. The Morgan fingerprint density at radius 2 is 2.10 bits per heavy atom. The fourth-order valence-corrected chi connectivity index (χ4v) is 5.08. The van der Waals surface area contributed by atoms with Crippen LogP contribution in [0.5, 0.6) is 5.75 Å². The van der Waals surface area contributed by atoms with Crippen molar-refractivity contribution >= 4 is 33.0 Å². The maximum absolute atomic E-state index is 11.5. The minimum Gasteiger partial charge on any atom is -0.497 e. The fourth-order valence-electron chi connectivity index (χ4n) is 3.93. The molecule has 1 aliphatic carbocycles. The first-order valence-corrected chi connectivity index (χ1v) is 10.3. The number of carbonyl (C=O) groups is 1. The molecule has 2 aromatic heterocycles. The number of ether oxygens (including phenoxy) is 1. The molecule has 0 radical (unpaired) electrons. The second-order valence-corrected chi connectivity index (χ2v) is 8.63. The molecule has 6 heteroatoms. The standard InChI is InChI=1S/C23H23N3O2S/c1-14-10-16(8-9-25-14)18-6-4-15(11-21(24)27)13-23(18,2)22-26-19-7-5-17(28-3)12-20(19)29-22/h4-10,12H,11,13H2,1-3H3,(H2,24,27). The zero-order chi connectivity index (χ0) is 20.6. The molecule has 0 fully saturated rings. The monoisotopic (exact) mass is 405 g/mol. The predicted molar refractivity (Wildman–Crippen MR) is 117 cm³/mol. The number of hydrogen-bond acceptors (Lipinski definition) is 5. The molecule has 5 nitrogen and oxygen atoms in total. The molecule has 2 N–H and O–H groups in total. The van der Waals surface area contributed by atoms with Gasteiger partial charge in [-0.1, -0.05) is 17.7 Å². The van der Waals surface area contributed by atoms with Crippen LogP contribution >= 0.6 is 11.3 Å². The lowest BCUT2D eigenvalue weighted by atomic mass is 9.71. The van der Waals surface area contributed by atoms with Crippen LogP contribution < -0.4 is 10.5 Å². The Bertz CT molecular complexity index is 1160. The molecule has 1 unspecified atom stereocenters. The van der Waals surface area contributed by atoms with E-state index in [0.717, 1.165) is 37.8 Å². The van der Waals surface area contributed by atoms with Gasteiger partial charge in [-0.05, 0) is 61.7 Å². The highest BCUT2D eigenvalue weighted by molar-refractivity contribution is 7.18. The summed E-state index contributed by atoms with van der Waals surface area (Å²) in [5, 5.41) is 1.01. The third-order valence-electron chi connectivity index (χ3n) is 5.34. The number of nitrogens with two attached hydrogens (primary N) is 1. The zero-order valence-corrected chi connectivity index (χ0v) is 17.5. The summed E-state index contributed by atoms with van der Waals surface area (Å²) in [5.74, 6) is 0.501. The number of allylic oxidation sites excluding steroid dienone is 3. The van der Waals surface area contributed by atoms with E-state index in [-0.39, 0.29) is 17.7 Å². The van der Waals surface area contributed by atoms with Gasteiger partial charge in [0.25, 0.3) is 0 Å². The number of amides is 1. The number of methoxy groups -OCH3 is 1. The number of benzene rings is 1. The lowest BCUT2D eigenvalue weighted by Crippen LogP contribution is -2.28. The first-order valence-electron chi connectivity index (χ1n) is 9.45. The van der Waals surface area contributed by atoms with Crippen LogP contribution in [-0.4, -0.2) is 23.0 Å². The molecule has 0 aliphatic heterocycles. The van der Waals surface area contributed by atoms with Crippen LogP contribution in [0.3, 0.4) is 0 Å². The summed E-state index contributed by atoms with van der Waals surface area (Å²) < 4.78 is 6.45. The third-order valence-corrected chi connectivity index (χ3v) is 6.62. The number of hydrogen-bond donors (Lipinski definition) is 1. The van der Waals surface area contributed by atoms with Gasteiger partial charge in [-0.3, -0.25) is 9.78 Å². The largest absolute Gasteiger partial charge is 0.497 e. The highest BCUT2D eigenvalue weighted by Crippen LogP contribution is 2.48. The SMILES string of the molecule is COc1ccc2nc(C3(C)CC(CC(N)=O)=CC=C3c3ccnc(C)c3)sc2c1. The van der Waals surface area contributed by atoms with E-state index in [1.165, 1.54) is 5.57 Å². The van der Waals surface area contributed by atoms with E-state index >= 15 is 0 Å². The Kier molecular flexibility index (Phi) is 4.96. The Labute approximate surface area is 173 Å². The number of fused-ring (bicyclic) bond motifs is 1. The van der Waals surface area contributed by atoms with Crippen LogP contribution in [-0.2, 0) is 10.2 Å². The van der Waals surface area contributed by atoms with Gasteiger partial charge in [0.1, 0.15) is 10.8 Å². The number of rotatable bonds is 5. The van der Waals surface area contributed by atoms with Crippen molar-refractivity contribution in [1.29, 1.82) is 0 Å². The van der Waals surface area contributed by atoms with E-state index in [1.54, 1.807) is 18.4 Å². The average molecular weight is 406 g/mol. The van der Waals surface area contributed by atoms with Gasteiger partial charge >= 0.3 is 0 Å². The van der Waals surface area contributed by atoms with Crippen molar-refractivity contribution in [2.45, 2.75) is 32.1 Å². The number of pyridine rings is 1. The lowest BCUT2D eigenvalue weighted by Gasteiger charge is -2.34. The number of aromatic nitrogens is 2. The molecular weight excluding hydrogens is 382 g/mol. The van der Waals surface area contributed by atoms with E-state index in [0.29, 0.717) is 6.42 Å². The summed E-state index contributed by atoms with van der Waals surface area (Å²) in [5.41, 5.74) is 10.3. The molecule has 1 atom stereocenters. The molecule has 2 heterocycles. The summed E-state index contributed by atoms with van der Waals surface area (Å²) in [7, 11) is 1.67. The van der Waals surface area contributed by atoms with Crippen LogP contribution in [0.1, 0.15) is 36.0 Å². The number of aryl methyl sites for hydroxylation is 1. The average Bonchev–Trinajstić information content (AvgIpc) is 3.11. The molecule has 1 amide bonds. The van der Waals surface area contributed by atoms with Crippen molar-refractivity contribution in [2.75, 3.05) is 7.11 Å². The highest BCUT2D eigenvalue weighted by Gasteiger charge is 2.38. The Balaban J connectivity index is 1.86. The summed E-state index contributed by atoms with van der Waals surface area (Å²) >= 11 is 1.66. The second-order valence-electron chi connectivity index (χ2n) is 7.60. The number of nitrogens with zero attached hydrogens (tertiary/aromatic N) is 2. The van der Waals surface area contributed by atoms with Crippen LogP contribution in [0.4, 0.5) is 0 Å². The van der Waals surface area contributed by atoms with Crippen molar-refractivity contribution < 1.29 is 9.53 Å². The second kappa shape index (κ2) is 7.44. The van der Waals surface area contributed by atoms with Gasteiger partial charge in [0.2, 0.25) is 5.91 Å². The quantitative estimate of drug-likeness (QED) is 0.675. The Morgan fingerprint density at radius 1 is 1.28 bits per heavy atom. The van der Waals surface area contributed by atoms with Gasteiger partial charge in [0.05, 0.1) is 17.3 Å². The van der Waals surface area contributed by atoms with Gasteiger partial charge in [-0.25, -0.2) is 4.98 Å². The molecule has 148 valence electrons. The first kappa shape index (κ1) is 19.3. The summed E-state index contributed by atoms with van der Waals surface area (Å²) in [6.07, 6.45) is 6.91. The van der Waals surface area contributed by atoms with E-state index < -0.39 is 0 Å². The van der Waals surface area contributed by atoms with Crippen LogP contribution in [0.2, 0.25) is 0 Å². The van der Waals surface area contributed by atoms with Gasteiger partial charge in [-0.2, -0.15) is 0 Å². The van der Waals surface area contributed by atoms with E-state index in [9.17, 15) is 4.79 Å².